The van der Waals surface area contributed by atoms with E-state index >= 15 is 0 Å². The van der Waals surface area contributed by atoms with Gasteiger partial charge >= 0.3 is 0 Å². The van der Waals surface area contributed by atoms with Gasteiger partial charge in [-0.3, -0.25) is 18.6 Å². The zero-order valence-electron chi connectivity index (χ0n) is 17.6. The van der Waals surface area contributed by atoms with E-state index in [-0.39, 0.29) is 28.7 Å². The van der Waals surface area contributed by atoms with Gasteiger partial charge in [-0.15, -0.1) is 16.8 Å². The summed E-state index contributed by atoms with van der Waals surface area (Å²) in [5.74, 6) is -0.0450. The first-order chi connectivity index (χ1) is 15.7. The van der Waals surface area contributed by atoms with Crippen LogP contribution in [0.5, 0.6) is 0 Å². The number of fused-ring (bicyclic) bond motifs is 3. The molecule has 0 atom stereocenters. The number of aryl methyl sites for hydroxylation is 1. The fourth-order valence-electron chi connectivity index (χ4n) is 3.43. The van der Waals surface area contributed by atoms with Crippen LogP contribution in [0.25, 0.3) is 16.7 Å². The van der Waals surface area contributed by atoms with E-state index < -0.39 is 10.0 Å². The number of nitrogens with zero attached hydrogens (tertiary/aromatic N) is 4. The molecular formula is C21H20N6O4S2. The molecule has 0 spiro atoms. The predicted octanol–water partition coefficient (Wildman–Crippen LogP) is 1.92. The summed E-state index contributed by atoms with van der Waals surface area (Å²) in [6.07, 6.45) is 1.60. The minimum absolute atomic E-state index is 0.0196. The highest BCUT2D eigenvalue weighted by molar-refractivity contribution is 7.99. The molecule has 3 N–H and O–H groups in total. The molecule has 0 saturated heterocycles. The Kier molecular flexibility index (Phi) is 6.06. The Labute approximate surface area is 193 Å². The molecule has 0 bridgehead atoms. The van der Waals surface area contributed by atoms with Gasteiger partial charge in [0.2, 0.25) is 21.7 Å². The van der Waals surface area contributed by atoms with Gasteiger partial charge in [0.25, 0.3) is 5.56 Å². The number of sulfonamides is 1. The van der Waals surface area contributed by atoms with Crippen LogP contribution < -0.4 is 16.0 Å². The fraction of sp³-hybridized carbons (Fsp3) is 0.143. The number of primary sulfonamides is 1. The number of anilines is 1. The highest BCUT2D eigenvalue weighted by atomic mass is 32.2. The standard InChI is InChI=1S/C21H20N6O4S2/c1-3-10-26-19(29)15-6-4-5-7-16(15)27-20(26)24-25-21(27)32-12-18(28)23-14-9-8-13(2)17(11-14)33(22,30)31/h3-9,11H,1,10,12H2,2H3,(H,23,28)(H2,22,30,31). The van der Waals surface area contributed by atoms with Crippen molar-refractivity contribution in [2.45, 2.75) is 23.5 Å². The summed E-state index contributed by atoms with van der Waals surface area (Å²) in [5.41, 5.74) is 1.22. The maximum absolute atomic E-state index is 12.8. The largest absolute Gasteiger partial charge is 0.325 e. The van der Waals surface area contributed by atoms with E-state index in [1.807, 2.05) is 0 Å². The minimum atomic E-state index is -3.91. The summed E-state index contributed by atoms with van der Waals surface area (Å²) in [6.45, 7) is 5.58. The fourth-order valence-corrected chi connectivity index (χ4v) is 4.98. The van der Waals surface area contributed by atoms with Crippen LogP contribution in [-0.2, 0) is 21.4 Å². The molecule has 12 heteroatoms. The topological polar surface area (TPSA) is 141 Å². The van der Waals surface area contributed by atoms with Crippen molar-refractivity contribution in [2.24, 2.45) is 5.14 Å². The SMILES string of the molecule is C=CCn1c(=O)c2ccccc2n2c(SCC(=O)Nc3ccc(C)c(S(N)(=O)=O)c3)nnc12. The molecule has 4 aromatic rings. The zero-order chi connectivity index (χ0) is 23.8. The monoisotopic (exact) mass is 484 g/mol. The third-order valence-electron chi connectivity index (χ3n) is 4.90. The van der Waals surface area contributed by atoms with Crippen LogP contribution in [0.4, 0.5) is 5.69 Å². The van der Waals surface area contributed by atoms with E-state index in [9.17, 15) is 18.0 Å². The predicted molar refractivity (Wildman–Crippen MR) is 127 cm³/mol. The summed E-state index contributed by atoms with van der Waals surface area (Å²) < 4.78 is 26.6. The lowest BCUT2D eigenvalue weighted by Crippen LogP contribution is -2.22. The first-order valence-electron chi connectivity index (χ1n) is 9.74. The number of carbonyl (C=O) groups excluding carboxylic acids is 1. The molecule has 2 aromatic heterocycles. The Morgan fingerprint density at radius 3 is 2.73 bits per heavy atom. The second-order valence-corrected chi connectivity index (χ2v) is 9.67. The third-order valence-corrected chi connectivity index (χ3v) is 6.88. The molecule has 0 aliphatic heterocycles. The van der Waals surface area contributed by atoms with E-state index in [2.05, 4.69) is 22.1 Å². The Hall–Kier alpha value is -3.48. The molecule has 10 nitrogen and oxygen atoms in total. The highest BCUT2D eigenvalue weighted by Crippen LogP contribution is 2.23. The number of nitrogens with two attached hydrogens (primary N) is 1. The second-order valence-electron chi connectivity index (χ2n) is 7.20. The average molecular weight is 485 g/mol. The van der Waals surface area contributed by atoms with Crippen molar-refractivity contribution < 1.29 is 13.2 Å². The van der Waals surface area contributed by atoms with Crippen LogP contribution in [-0.4, -0.2) is 39.2 Å². The second kappa shape index (κ2) is 8.81. The molecule has 0 saturated carbocycles. The van der Waals surface area contributed by atoms with Gasteiger partial charge < -0.3 is 5.32 Å². The Morgan fingerprint density at radius 1 is 1.24 bits per heavy atom. The number of nitrogens with one attached hydrogen (secondary N) is 1. The minimum Gasteiger partial charge on any atom is -0.325 e. The molecule has 1 amide bonds. The van der Waals surface area contributed by atoms with Gasteiger partial charge in [0.15, 0.2) is 5.16 Å². The van der Waals surface area contributed by atoms with Gasteiger partial charge in [0, 0.05) is 12.2 Å². The number of hydrogen-bond donors (Lipinski definition) is 2. The Morgan fingerprint density at radius 2 is 2.00 bits per heavy atom. The summed E-state index contributed by atoms with van der Waals surface area (Å²) in [5, 5.41) is 17.1. The van der Waals surface area contributed by atoms with Crippen LogP contribution in [0.15, 0.2) is 70.0 Å². The number of amides is 1. The van der Waals surface area contributed by atoms with Crippen molar-refractivity contribution in [1.29, 1.82) is 0 Å². The summed E-state index contributed by atoms with van der Waals surface area (Å²) >= 11 is 1.14. The summed E-state index contributed by atoms with van der Waals surface area (Å²) in [4.78, 5) is 25.3. The maximum atomic E-state index is 12.8. The Bertz CT molecular complexity index is 1570. The third kappa shape index (κ3) is 4.40. The molecule has 4 rings (SSSR count). The van der Waals surface area contributed by atoms with Gasteiger partial charge in [0.1, 0.15) is 0 Å². The number of benzene rings is 2. The van der Waals surface area contributed by atoms with E-state index in [4.69, 9.17) is 5.14 Å². The molecule has 2 aromatic carbocycles. The number of hydrogen-bond acceptors (Lipinski definition) is 7. The molecule has 170 valence electrons. The van der Waals surface area contributed by atoms with E-state index in [1.54, 1.807) is 53.8 Å². The lowest BCUT2D eigenvalue weighted by molar-refractivity contribution is -0.113. The van der Waals surface area contributed by atoms with Gasteiger partial charge in [-0.2, -0.15) is 0 Å². The van der Waals surface area contributed by atoms with Gasteiger partial charge in [-0.05, 0) is 36.8 Å². The molecule has 0 unspecified atom stereocenters. The number of para-hydroxylation sites is 1. The van der Waals surface area contributed by atoms with Gasteiger partial charge in [-0.25, -0.2) is 13.6 Å². The van der Waals surface area contributed by atoms with Crippen molar-refractivity contribution in [3.05, 3.63) is 71.0 Å². The first kappa shape index (κ1) is 22.7. The molecule has 2 heterocycles. The van der Waals surface area contributed by atoms with Gasteiger partial charge in [-0.1, -0.05) is 36.0 Å². The number of aromatic nitrogens is 4. The van der Waals surface area contributed by atoms with Gasteiger partial charge in [0.05, 0.1) is 21.6 Å². The van der Waals surface area contributed by atoms with Crippen LogP contribution in [0.1, 0.15) is 5.56 Å². The van der Waals surface area contributed by atoms with Crippen LogP contribution in [0, 0.1) is 6.92 Å². The molecule has 0 radical (unpaired) electrons. The molecule has 0 aliphatic rings. The van der Waals surface area contributed by atoms with Crippen molar-refractivity contribution in [2.75, 3.05) is 11.1 Å². The maximum Gasteiger partial charge on any atom is 0.263 e. The Balaban J connectivity index is 1.63. The zero-order valence-corrected chi connectivity index (χ0v) is 19.2. The van der Waals surface area contributed by atoms with E-state index in [0.29, 0.717) is 33.1 Å². The van der Waals surface area contributed by atoms with E-state index in [0.717, 1.165) is 11.8 Å². The molecular weight excluding hydrogens is 464 g/mol. The smallest absolute Gasteiger partial charge is 0.263 e. The first-order valence-corrected chi connectivity index (χ1v) is 12.3. The van der Waals surface area contributed by atoms with Crippen molar-refractivity contribution in [3.63, 3.8) is 0 Å². The van der Waals surface area contributed by atoms with E-state index in [1.165, 1.54) is 10.6 Å². The van der Waals surface area contributed by atoms with Crippen molar-refractivity contribution in [1.82, 2.24) is 19.2 Å². The number of allylic oxidation sites excluding steroid dienone is 1. The molecule has 33 heavy (non-hydrogen) atoms. The number of rotatable bonds is 7. The lowest BCUT2D eigenvalue weighted by atomic mass is 10.2. The summed E-state index contributed by atoms with van der Waals surface area (Å²) in [6, 6.07) is 11.6. The van der Waals surface area contributed by atoms with Crippen LogP contribution >= 0.6 is 11.8 Å². The molecule has 0 fully saturated rings. The average Bonchev–Trinajstić information content (AvgIpc) is 3.20. The molecule has 0 aliphatic carbocycles. The quantitative estimate of drug-likeness (QED) is 0.301. The number of thioether (sulfide) groups is 1. The summed E-state index contributed by atoms with van der Waals surface area (Å²) in [7, 11) is -3.91. The van der Waals surface area contributed by atoms with Crippen LogP contribution in [0.3, 0.4) is 0 Å². The lowest BCUT2D eigenvalue weighted by Gasteiger charge is -2.10. The van der Waals surface area contributed by atoms with Crippen LogP contribution in [0.2, 0.25) is 0 Å². The number of carbonyl (C=O) groups is 1. The highest BCUT2D eigenvalue weighted by Gasteiger charge is 2.18. The van der Waals surface area contributed by atoms with Crippen molar-refractivity contribution >= 4 is 50.1 Å². The normalized spacial score (nSPS) is 11.7. The van der Waals surface area contributed by atoms with Crippen molar-refractivity contribution in [3.8, 4) is 0 Å².